The predicted octanol–water partition coefficient (Wildman–Crippen LogP) is 5.76. The molecule has 3 atom stereocenters. The van der Waals surface area contributed by atoms with Crippen LogP contribution in [-0.2, 0) is 11.2 Å². The molecule has 3 rings (SSSR count). The number of hydrogen-bond donors (Lipinski definition) is 0. The molecule has 2 aromatic carbocycles. The highest BCUT2D eigenvalue weighted by molar-refractivity contribution is 5.89. The molecular weight excluding hydrogens is 320 g/mol. The van der Waals surface area contributed by atoms with Crippen LogP contribution in [0, 0.1) is 11.8 Å². The summed E-state index contributed by atoms with van der Waals surface area (Å²) >= 11 is 0. The van der Waals surface area contributed by atoms with Crippen molar-refractivity contribution in [3.05, 3.63) is 65.2 Å². The Bertz CT molecular complexity index is 762. The highest BCUT2D eigenvalue weighted by atomic mass is 16.5. The van der Waals surface area contributed by atoms with Crippen LogP contribution in [0.25, 0.3) is 0 Å². The second-order valence-electron chi connectivity index (χ2n) is 8.00. The van der Waals surface area contributed by atoms with E-state index in [4.69, 9.17) is 4.74 Å². The maximum Gasteiger partial charge on any atom is 0.143 e. The fourth-order valence-corrected chi connectivity index (χ4v) is 4.22. The van der Waals surface area contributed by atoms with Gasteiger partial charge in [0.05, 0.1) is 7.11 Å². The fraction of sp³-hybridized carbons (Fsp3) is 0.458. The molecule has 138 valence electrons. The van der Waals surface area contributed by atoms with Gasteiger partial charge >= 0.3 is 0 Å². The molecule has 2 heteroatoms. The van der Waals surface area contributed by atoms with Gasteiger partial charge in [0.1, 0.15) is 11.5 Å². The van der Waals surface area contributed by atoms with Crippen molar-refractivity contribution in [3.63, 3.8) is 0 Å². The summed E-state index contributed by atoms with van der Waals surface area (Å²) in [7, 11) is 1.69. The van der Waals surface area contributed by atoms with E-state index in [0.717, 1.165) is 25.0 Å². The van der Waals surface area contributed by atoms with E-state index in [1.165, 1.54) is 16.7 Å². The summed E-state index contributed by atoms with van der Waals surface area (Å²) < 4.78 is 5.41. The summed E-state index contributed by atoms with van der Waals surface area (Å²) in [5.74, 6) is 2.09. The molecule has 0 amide bonds. The zero-order valence-electron chi connectivity index (χ0n) is 16.4. The molecule has 26 heavy (non-hydrogen) atoms. The molecule has 0 radical (unpaired) electrons. The van der Waals surface area contributed by atoms with Gasteiger partial charge in [0.25, 0.3) is 0 Å². The number of fused-ring (bicyclic) bond motifs is 1. The van der Waals surface area contributed by atoms with Gasteiger partial charge in [-0.2, -0.15) is 0 Å². The first kappa shape index (κ1) is 18.7. The van der Waals surface area contributed by atoms with Gasteiger partial charge in [0.15, 0.2) is 0 Å². The van der Waals surface area contributed by atoms with Crippen LogP contribution in [0.3, 0.4) is 0 Å². The number of carbonyl (C=O) groups is 1. The third kappa shape index (κ3) is 3.85. The van der Waals surface area contributed by atoms with E-state index in [2.05, 4.69) is 57.2 Å². The van der Waals surface area contributed by atoms with E-state index < -0.39 is 0 Å². The van der Waals surface area contributed by atoms with E-state index >= 15 is 0 Å². The van der Waals surface area contributed by atoms with Crippen LogP contribution in [0.1, 0.15) is 62.1 Å². The third-order valence-electron chi connectivity index (χ3n) is 5.82. The highest BCUT2D eigenvalue weighted by Gasteiger charge is 2.36. The molecule has 1 aliphatic rings. The lowest BCUT2D eigenvalue weighted by molar-refractivity contribution is -0.124. The number of hydrogen-bond acceptors (Lipinski definition) is 2. The molecule has 0 aromatic heterocycles. The zero-order valence-corrected chi connectivity index (χ0v) is 16.4. The number of benzene rings is 2. The van der Waals surface area contributed by atoms with Crippen LogP contribution in [-0.4, -0.2) is 12.9 Å². The van der Waals surface area contributed by atoms with Crippen LogP contribution >= 0.6 is 0 Å². The van der Waals surface area contributed by atoms with Crippen LogP contribution in [0.15, 0.2) is 48.5 Å². The lowest BCUT2D eigenvalue weighted by Gasteiger charge is -2.23. The Hall–Kier alpha value is -2.09. The van der Waals surface area contributed by atoms with Crippen molar-refractivity contribution in [2.75, 3.05) is 7.11 Å². The minimum Gasteiger partial charge on any atom is -0.497 e. The molecule has 0 heterocycles. The van der Waals surface area contributed by atoms with E-state index in [1.807, 2.05) is 12.1 Å². The van der Waals surface area contributed by atoms with Crippen molar-refractivity contribution < 1.29 is 9.53 Å². The summed E-state index contributed by atoms with van der Waals surface area (Å²) in [5.41, 5.74) is 3.77. The lowest BCUT2D eigenvalue weighted by Crippen LogP contribution is -2.23. The number of methoxy groups -OCH3 is 1. The summed E-state index contributed by atoms with van der Waals surface area (Å²) in [6.45, 7) is 6.58. The number of Topliss-reactive ketones (excluding diaryl/α,β-unsaturated/α-hetero) is 1. The van der Waals surface area contributed by atoms with E-state index in [9.17, 15) is 4.79 Å². The molecule has 1 aliphatic carbocycles. The maximum absolute atomic E-state index is 13.4. The Balaban J connectivity index is 2.00. The van der Waals surface area contributed by atoms with Crippen LogP contribution in [0.2, 0.25) is 0 Å². The van der Waals surface area contributed by atoms with Crippen molar-refractivity contribution in [3.8, 4) is 5.75 Å². The predicted molar refractivity (Wildman–Crippen MR) is 107 cm³/mol. The Morgan fingerprint density at radius 2 is 1.88 bits per heavy atom. The second kappa shape index (κ2) is 8.07. The number of ether oxygens (including phenoxy) is 1. The molecule has 2 unspecified atom stereocenters. The van der Waals surface area contributed by atoms with Gasteiger partial charge < -0.3 is 4.74 Å². The zero-order chi connectivity index (χ0) is 18.7. The molecule has 0 spiro atoms. The maximum atomic E-state index is 13.4. The normalized spacial score (nSPS) is 22.8. The molecular formula is C24H30O2. The average Bonchev–Trinajstić information content (AvgIpc) is 2.75. The van der Waals surface area contributed by atoms with Gasteiger partial charge in [-0.05, 0) is 59.9 Å². The topological polar surface area (TPSA) is 26.3 Å². The summed E-state index contributed by atoms with van der Waals surface area (Å²) in [5, 5.41) is 0. The Labute approximate surface area is 157 Å². The van der Waals surface area contributed by atoms with E-state index in [0.29, 0.717) is 11.7 Å². The van der Waals surface area contributed by atoms with E-state index in [-0.39, 0.29) is 17.8 Å². The van der Waals surface area contributed by atoms with Gasteiger partial charge in [-0.3, -0.25) is 4.79 Å². The molecule has 2 nitrogen and oxygen atoms in total. The minimum atomic E-state index is 0.00617. The molecule has 0 saturated carbocycles. The molecule has 0 bridgehead atoms. The van der Waals surface area contributed by atoms with Crippen molar-refractivity contribution in [2.45, 2.75) is 51.9 Å². The fourth-order valence-electron chi connectivity index (χ4n) is 4.22. The largest absolute Gasteiger partial charge is 0.497 e. The Kier molecular flexibility index (Phi) is 5.80. The third-order valence-corrected chi connectivity index (χ3v) is 5.82. The first-order valence-corrected chi connectivity index (χ1v) is 9.76. The SMILES string of the molecule is COc1cccc([C@H]2Cc3ccccc3C(CCC(C)C)C(=O)C2C)c1. The Morgan fingerprint density at radius 1 is 1.12 bits per heavy atom. The summed E-state index contributed by atoms with van der Waals surface area (Å²) in [4.78, 5) is 13.4. The van der Waals surface area contributed by atoms with E-state index in [1.54, 1.807) is 7.11 Å². The van der Waals surface area contributed by atoms with Crippen LogP contribution in [0.5, 0.6) is 5.75 Å². The number of rotatable bonds is 5. The van der Waals surface area contributed by atoms with Crippen LogP contribution in [0.4, 0.5) is 0 Å². The van der Waals surface area contributed by atoms with Gasteiger partial charge in [0, 0.05) is 11.8 Å². The summed E-state index contributed by atoms with van der Waals surface area (Å²) in [6.07, 6.45) is 2.94. The smallest absolute Gasteiger partial charge is 0.143 e. The monoisotopic (exact) mass is 350 g/mol. The molecule has 0 N–H and O–H groups in total. The number of ketones is 1. The average molecular weight is 351 g/mol. The molecule has 0 aliphatic heterocycles. The minimum absolute atomic E-state index is 0.00617. The van der Waals surface area contributed by atoms with Gasteiger partial charge in [-0.1, -0.05) is 57.2 Å². The van der Waals surface area contributed by atoms with Crippen molar-refractivity contribution in [2.24, 2.45) is 11.8 Å². The molecule has 2 aromatic rings. The standard InChI is InChI=1S/C24H30O2/c1-16(2)12-13-22-21-11-6-5-8-19(21)15-23(17(3)24(22)25)18-9-7-10-20(14-18)26-4/h5-11,14,16-17,22-23H,12-13,15H2,1-4H3/t17?,22?,23-/m0/s1. The van der Waals surface area contributed by atoms with Gasteiger partial charge in [-0.15, -0.1) is 0 Å². The second-order valence-corrected chi connectivity index (χ2v) is 8.00. The van der Waals surface area contributed by atoms with Crippen molar-refractivity contribution in [1.82, 2.24) is 0 Å². The first-order valence-electron chi connectivity index (χ1n) is 9.76. The highest BCUT2D eigenvalue weighted by Crippen LogP contribution is 2.41. The molecule has 0 fully saturated rings. The summed E-state index contributed by atoms with van der Waals surface area (Å²) in [6, 6.07) is 16.8. The van der Waals surface area contributed by atoms with Crippen molar-refractivity contribution in [1.29, 1.82) is 0 Å². The van der Waals surface area contributed by atoms with Gasteiger partial charge in [0.2, 0.25) is 0 Å². The van der Waals surface area contributed by atoms with Crippen molar-refractivity contribution >= 4 is 5.78 Å². The Morgan fingerprint density at radius 3 is 2.62 bits per heavy atom. The van der Waals surface area contributed by atoms with Gasteiger partial charge in [-0.25, -0.2) is 0 Å². The lowest BCUT2D eigenvalue weighted by atomic mass is 9.79. The number of carbonyl (C=O) groups excluding carboxylic acids is 1. The quantitative estimate of drug-likeness (QED) is 0.641. The molecule has 0 saturated heterocycles. The van der Waals surface area contributed by atoms with Crippen LogP contribution < -0.4 is 4.74 Å². The first-order chi connectivity index (χ1) is 12.5.